The van der Waals surface area contributed by atoms with Crippen LogP contribution in [0.25, 0.3) is 0 Å². The second kappa shape index (κ2) is 5.98. The minimum Gasteiger partial charge on any atom is -0.321 e. The van der Waals surface area contributed by atoms with Gasteiger partial charge in [-0.05, 0) is 18.2 Å². The topological polar surface area (TPSA) is 109 Å². The maximum Gasteiger partial charge on any atom is 0.270 e. The number of benzene rings is 1. The van der Waals surface area contributed by atoms with Gasteiger partial charge in [0.1, 0.15) is 11.2 Å². The van der Waals surface area contributed by atoms with Gasteiger partial charge in [0, 0.05) is 18.3 Å². The van der Waals surface area contributed by atoms with Crippen molar-refractivity contribution >= 4 is 28.9 Å². The van der Waals surface area contributed by atoms with Crippen molar-refractivity contribution in [2.24, 2.45) is 0 Å². The molecule has 0 bridgehead atoms. The molecule has 0 aliphatic rings. The summed E-state index contributed by atoms with van der Waals surface area (Å²) >= 11 is 5.80. The molecule has 2 rings (SSSR count). The quantitative estimate of drug-likeness (QED) is 0.532. The molecular weight excluding hydrogens is 296 g/mol. The van der Waals surface area contributed by atoms with Crippen LogP contribution in [-0.4, -0.2) is 15.8 Å². The number of nitro groups is 1. The first-order valence-electron chi connectivity index (χ1n) is 5.63. The summed E-state index contributed by atoms with van der Waals surface area (Å²) in [6.07, 6.45) is 1.44. The number of halogens is 1. The van der Waals surface area contributed by atoms with Crippen molar-refractivity contribution in [3.63, 3.8) is 0 Å². The Morgan fingerprint density at radius 1 is 1.43 bits per heavy atom. The van der Waals surface area contributed by atoms with Crippen LogP contribution < -0.4 is 5.32 Å². The number of carbonyl (C=O) groups excluding carboxylic acids is 1. The molecule has 104 valence electrons. The van der Waals surface area contributed by atoms with E-state index >= 15 is 0 Å². The molecule has 0 fully saturated rings. The van der Waals surface area contributed by atoms with E-state index in [0.717, 1.165) is 6.07 Å². The number of nitrogens with zero attached hydrogens (tertiary/aromatic N) is 3. The van der Waals surface area contributed by atoms with Gasteiger partial charge in [0.05, 0.1) is 21.7 Å². The van der Waals surface area contributed by atoms with Gasteiger partial charge >= 0.3 is 0 Å². The number of non-ortho nitro benzene ring substituents is 1. The van der Waals surface area contributed by atoms with Gasteiger partial charge in [-0.25, -0.2) is 4.98 Å². The predicted molar refractivity (Wildman–Crippen MR) is 75.0 cm³/mol. The van der Waals surface area contributed by atoms with Crippen LogP contribution in [0.1, 0.15) is 15.9 Å². The molecule has 21 heavy (non-hydrogen) atoms. The molecule has 1 N–H and O–H groups in total. The maximum absolute atomic E-state index is 12.0. The maximum atomic E-state index is 12.0. The predicted octanol–water partition coefficient (Wildman–Crippen LogP) is 2.77. The van der Waals surface area contributed by atoms with Crippen molar-refractivity contribution in [1.82, 2.24) is 4.98 Å². The van der Waals surface area contributed by atoms with Crippen molar-refractivity contribution < 1.29 is 9.72 Å². The summed E-state index contributed by atoms with van der Waals surface area (Å²) in [7, 11) is 0. The lowest BCUT2D eigenvalue weighted by Gasteiger charge is -2.07. The molecule has 8 heteroatoms. The first kappa shape index (κ1) is 14.4. The minimum absolute atomic E-state index is 0.0161. The van der Waals surface area contributed by atoms with Crippen molar-refractivity contribution in [1.29, 1.82) is 5.26 Å². The average molecular weight is 303 g/mol. The number of nitro benzene ring substituents is 1. The second-order valence-electron chi connectivity index (χ2n) is 3.89. The number of nitrogens with one attached hydrogen (secondary N) is 1. The molecule has 2 aromatic rings. The van der Waals surface area contributed by atoms with Gasteiger partial charge in [-0.3, -0.25) is 14.9 Å². The summed E-state index contributed by atoms with van der Waals surface area (Å²) in [4.78, 5) is 25.8. The van der Waals surface area contributed by atoms with E-state index in [9.17, 15) is 14.9 Å². The van der Waals surface area contributed by atoms with Gasteiger partial charge in [0.2, 0.25) is 0 Å². The second-order valence-corrected chi connectivity index (χ2v) is 4.25. The molecule has 1 heterocycles. The lowest BCUT2D eigenvalue weighted by atomic mass is 10.1. The Morgan fingerprint density at radius 3 is 2.81 bits per heavy atom. The third kappa shape index (κ3) is 3.13. The van der Waals surface area contributed by atoms with Gasteiger partial charge in [-0.15, -0.1) is 0 Å². The van der Waals surface area contributed by atoms with Crippen LogP contribution >= 0.6 is 11.6 Å². The lowest BCUT2D eigenvalue weighted by Crippen LogP contribution is -2.14. The Kier molecular flexibility index (Phi) is 4.11. The van der Waals surface area contributed by atoms with E-state index in [2.05, 4.69) is 10.3 Å². The zero-order chi connectivity index (χ0) is 15.4. The van der Waals surface area contributed by atoms with E-state index in [-0.39, 0.29) is 27.7 Å². The van der Waals surface area contributed by atoms with Crippen LogP contribution in [0.15, 0.2) is 36.5 Å². The highest BCUT2D eigenvalue weighted by atomic mass is 35.5. The highest BCUT2D eigenvalue weighted by Crippen LogP contribution is 2.22. The summed E-state index contributed by atoms with van der Waals surface area (Å²) in [6, 6.07) is 8.38. The highest BCUT2D eigenvalue weighted by Gasteiger charge is 2.15. The summed E-state index contributed by atoms with van der Waals surface area (Å²) in [6.45, 7) is 0. The van der Waals surface area contributed by atoms with E-state index in [1.807, 2.05) is 0 Å². The molecule has 7 nitrogen and oxygen atoms in total. The Morgan fingerprint density at radius 2 is 2.19 bits per heavy atom. The largest absolute Gasteiger partial charge is 0.321 e. The Balaban J connectivity index is 2.32. The molecule has 1 aromatic heterocycles. The molecule has 0 atom stereocenters. The fourth-order valence-corrected chi connectivity index (χ4v) is 1.80. The normalized spacial score (nSPS) is 9.71. The van der Waals surface area contributed by atoms with Gasteiger partial charge in [-0.1, -0.05) is 11.6 Å². The zero-order valence-corrected chi connectivity index (χ0v) is 11.2. The number of hydrogen-bond donors (Lipinski definition) is 1. The number of anilines is 1. The molecule has 1 amide bonds. The van der Waals surface area contributed by atoms with Crippen molar-refractivity contribution in [2.45, 2.75) is 0 Å². The van der Waals surface area contributed by atoms with Crippen LogP contribution in [0.3, 0.4) is 0 Å². The van der Waals surface area contributed by atoms with E-state index in [4.69, 9.17) is 16.9 Å². The van der Waals surface area contributed by atoms with Crippen molar-refractivity contribution in [3.05, 3.63) is 62.9 Å². The standard InChI is InChI=1S/C13H7ClN4O3/c14-12-10(2-1-5-16-12)13(19)17-11-4-3-9(18(20)21)6-8(11)7-15/h1-6H,(H,17,19). The van der Waals surface area contributed by atoms with Crippen molar-refractivity contribution in [2.75, 3.05) is 5.32 Å². The zero-order valence-electron chi connectivity index (χ0n) is 10.4. The van der Waals surface area contributed by atoms with Crippen LogP contribution in [0.4, 0.5) is 11.4 Å². The molecular formula is C13H7ClN4O3. The average Bonchev–Trinajstić information content (AvgIpc) is 2.47. The van der Waals surface area contributed by atoms with Gasteiger partial charge in [0.25, 0.3) is 11.6 Å². The Bertz CT molecular complexity index is 770. The fourth-order valence-electron chi connectivity index (χ4n) is 1.59. The SMILES string of the molecule is N#Cc1cc([N+](=O)[O-])ccc1NC(=O)c1cccnc1Cl. The van der Waals surface area contributed by atoms with E-state index in [1.165, 1.54) is 24.4 Å². The Labute approximate surface area is 123 Å². The van der Waals surface area contributed by atoms with E-state index in [1.54, 1.807) is 12.1 Å². The third-order valence-corrected chi connectivity index (χ3v) is 2.89. The first-order valence-corrected chi connectivity index (χ1v) is 6.01. The van der Waals surface area contributed by atoms with Gasteiger partial charge < -0.3 is 5.32 Å². The molecule has 1 aromatic carbocycles. The number of carbonyl (C=O) groups is 1. The van der Waals surface area contributed by atoms with Gasteiger partial charge in [-0.2, -0.15) is 5.26 Å². The molecule has 0 saturated carbocycles. The molecule has 0 saturated heterocycles. The summed E-state index contributed by atoms with van der Waals surface area (Å²) < 4.78 is 0. The van der Waals surface area contributed by atoms with Crippen LogP contribution in [0.5, 0.6) is 0 Å². The summed E-state index contributed by atoms with van der Waals surface area (Å²) in [5.41, 5.74) is 0.0518. The van der Waals surface area contributed by atoms with Gasteiger partial charge in [0.15, 0.2) is 0 Å². The molecule has 0 radical (unpaired) electrons. The third-order valence-electron chi connectivity index (χ3n) is 2.59. The van der Waals surface area contributed by atoms with Crippen LogP contribution in [0.2, 0.25) is 5.15 Å². The monoisotopic (exact) mass is 302 g/mol. The lowest BCUT2D eigenvalue weighted by molar-refractivity contribution is -0.384. The first-order chi connectivity index (χ1) is 10.0. The smallest absolute Gasteiger partial charge is 0.270 e. The number of rotatable bonds is 3. The number of amides is 1. The van der Waals surface area contributed by atoms with Crippen molar-refractivity contribution in [3.8, 4) is 6.07 Å². The molecule has 0 aliphatic heterocycles. The van der Waals surface area contributed by atoms with E-state index in [0.29, 0.717) is 0 Å². The van der Waals surface area contributed by atoms with Crippen LogP contribution in [-0.2, 0) is 0 Å². The number of nitriles is 1. The molecule has 0 unspecified atom stereocenters. The highest BCUT2D eigenvalue weighted by molar-refractivity contribution is 6.33. The molecule has 0 aliphatic carbocycles. The number of pyridine rings is 1. The number of aromatic nitrogens is 1. The van der Waals surface area contributed by atoms with Crippen LogP contribution in [0, 0.1) is 21.4 Å². The Hall–Kier alpha value is -2.98. The summed E-state index contributed by atoms with van der Waals surface area (Å²) in [5, 5.41) is 22.2. The fraction of sp³-hybridized carbons (Fsp3) is 0. The minimum atomic E-state index is -0.621. The van der Waals surface area contributed by atoms with E-state index < -0.39 is 10.8 Å². The molecule has 0 spiro atoms. The number of hydrogen-bond acceptors (Lipinski definition) is 5. The summed E-state index contributed by atoms with van der Waals surface area (Å²) in [5.74, 6) is -0.557.